The number of hydrogen-bond donors (Lipinski definition) is 2. The first-order chi connectivity index (χ1) is 11.7. The van der Waals surface area contributed by atoms with Gasteiger partial charge in [-0.15, -0.1) is 0 Å². The maximum Gasteiger partial charge on any atom is 0.276 e. The molecule has 9 heteroatoms. The lowest BCUT2D eigenvalue weighted by atomic mass is 10.2. The molecule has 2 rings (SSSR count). The zero-order valence-corrected chi connectivity index (χ0v) is 15.7. The van der Waals surface area contributed by atoms with Gasteiger partial charge in [-0.1, -0.05) is 23.2 Å². The van der Waals surface area contributed by atoms with Crippen LogP contribution in [0.1, 0.15) is 19.4 Å². The summed E-state index contributed by atoms with van der Waals surface area (Å²) in [6, 6.07) is 8.78. The Morgan fingerprint density at radius 2 is 1.72 bits per heavy atom. The molecule has 0 aliphatic carbocycles. The maximum atomic E-state index is 12.2. The van der Waals surface area contributed by atoms with E-state index in [2.05, 4.69) is 9.93 Å². The molecule has 0 atom stereocenters. The van der Waals surface area contributed by atoms with Crippen molar-refractivity contribution in [1.82, 2.24) is 4.83 Å². The van der Waals surface area contributed by atoms with E-state index >= 15 is 0 Å². The summed E-state index contributed by atoms with van der Waals surface area (Å²) in [5.41, 5.74) is 0.427. The number of rotatable bonds is 6. The van der Waals surface area contributed by atoms with Crippen molar-refractivity contribution in [1.29, 1.82) is 0 Å². The van der Waals surface area contributed by atoms with E-state index in [9.17, 15) is 13.5 Å². The van der Waals surface area contributed by atoms with Gasteiger partial charge in [-0.2, -0.15) is 13.5 Å². The molecule has 0 fully saturated rings. The van der Waals surface area contributed by atoms with Crippen molar-refractivity contribution in [2.24, 2.45) is 5.10 Å². The Morgan fingerprint density at radius 1 is 1.16 bits per heavy atom. The van der Waals surface area contributed by atoms with E-state index in [0.29, 0.717) is 11.3 Å². The van der Waals surface area contributed by atoms with Gasteiger partial charge in [0, 0.05) is 0 Å². The molecule has 0 saturated carbocycles. The van der Waals surface area contributed by atoms with E-state index in [1.54, 1.807) is 12.1 Å². The lowest BCUT2D eigenvalue weighted by Crippen LogP contribution is -2.18. The van der Waals surface area contributed by atoms with Crippen LogP contribution in [0.25, 0.3) is 0 Å². The first-order valence-electron chi connectivity index (χ1n) is 7.18. The zero-order chi connectivity index (χ0) is 18.6. The van der Waals surface area contributed by atoms with Crippen LogP contribution >= 0.6 is 23.2 Å². The number of hydrazone groups is 1. The maximum absolute atomic E-state index is 12.2. The van der Waals surface area contributed by atoms with Gasteiger partial charge in [0.25, 0.3) is 10.0 Å². The van der Waals surface area contributed by atoms with Crippen LogP contribution < -0.4 is 9.57 Å². The van der Waals surface area contributed by atoms with Crippen LogP contribution in [0.3, 0.4) is 0 Å². The molecule has 0 unspecified atom stereocenters. The third-order valence-corrected chi connectivity index (χ3v) is 4.75. The van der Waals surface area contributed by atoms with Gasteiger partial charge in [0.2, 0.25) is 0 Å². The highest BCUT2D eigenvalue weighted by molar-refractivity contribution is 7.89. The Morgan fingerprint density at radius 3 is 2.24 bits per heavy atom. The Balaban J connectivity index is 2.11. The van der Waals surface area contributed by atoms with Crippen molar-refractivity contribution in [3.8, 4) is 11.5 Å². The molecular weight excluding hydrogens is 387 g/mol. The van der Waals surface area contributed by atoms with E-state index in [1.165, 1.54) is 30.5 Å². The number of phenolic OH excluding ortho intramolecular Hbond substituents is 1. The first-order valence-corrected chi connectivity index (χ1v) is 9.42. The Kier molecular flexibility index (Phi) is 6.16. The van der Waals surface area contributed by atoms with Gasteiger partial charge in [0.05, 0.1) is 27.3 Å². The predicted octanol–water partition coefficient (Wildman–Crippen LogP) is 3.80. The van der Waals surface area contributed by atoms with Crippen LogP contribution in [0.5, 0.6) is 11.5 Å². The topological polar surface area (TPSA) is 88.0 Å². The fourth-order valence-corrected chi connectivity index (χ4v) is 3.15. The molecule has 6 nitrogen and oxygen atoms in total. The molecule has 2 N–H and O–H groups in total. The van der Waals surface area contributed by atoms with Crippen LogP contribution in [0.2, 0.25) is 10.0 Å². The lowest BCUT2D eigenvalue weighted by Gasteiger charge is -2.10. The van der Waals surface area contributed by atoms with E-state index < -0.39 is 10.0 Å². The van der Waals surface area contributed by atoms with Crippen molar-refractivity contribution < 1.29 is 18.3 Å². The minimum absolute atomic E-state index is 0.00543. The third kappa shape index (κ3) is 5.26. The summed E-state index contributed by atoms with van der Waals surface area (Å²) < 4.78 is 29.8. The Labute approximate surface area is 156 Å². The fourth-order valence-electron chi connectivity index (χ4n) is 1.85. The van der Waals surface area contributed by atoms with E-state index in [4.69, 9.17) is 27.9 Å². The van der Waals surface area contributed by atoms with Crippen molar-refractivity contribution in [3.05, 3.63) is 52.0 Å². The predicted molar refractivity (Wildman–Crippen MR) is 98.2 cm³/mol. The largest absolute Gasteiger partial charge is 0.505 e. The van der Waals surface area contributed by atoms with Gasteiger partial charge in [-0.25, -0.2) is 4.83 Å². The normalized spacial score (nSPS) is 11.9. The first kappa shape index (κ1) is 19.4. The van der Waals surface area contributed by atoms with E-state index in [-0.39, 0.29) is 26.8 Å². The number of sulfonamides is 1. The molecule has 0 aliphatic rings. The molecule has 2 aromatic carbocycles. The Hall–Kier alpha value is -1.96. The molecule has 0 bridgehead atoms. The van der Waals surface area contributed by atoms with Crippen molar-refractivity contribution in [3.63, 3.8) is 0 Å². The number of halogens is 2. The summed E-state index contributed by atoms with van der Waals surface area (Å²) in [4.78, 5) is 2.13. The van der Waals surface area contributed by atoms with Gasteiger partial charge >= 0.3 is 0 Å². The third-order valence-electron chi connectivity index (χ3n) is 2.93. The molecule has 0 spiro atoms. The molecule has 0 amide bonds. The number of aromatic hydroxyl groups is 1. The van der Waals surface area contributed by atoms with Crippen LogP contribution in [-0.2, 0) is 10.0 Å². The quantitative estimate of drug-likeness (QED) is 0.567. The van der Waals surface area contributed by atoms with Crippen molar-refractivity contribution in [2.75, 3.05) is 0 Å². The highest BCUT2D eigenvalue weighted by Crippen LogP contribution is 2.32. The van der Waals surface area contributed by atoms with Gasteiger partial charge in [-0.3, -0.25) is 0 Å². The second-order valence-corrected chi connectivity index (χ2v) is 7.80. The second-order valence-electron chi connectivity index (χ2n) is 5.32. The summed E-state index contributed by atoms with van der Waals surface area (Å²) >= 11 is 11.6. The van der Waals surface area contributed by atoms with Crippen LogP contribution in [-0.4, -0.2) is 25.8 Å². The molecular formula is C16H16Cl2N2O4S. The standard InChI is InChI=1S/C16H16Cl2N2O4S/c1-10(2)24-12-3-5-13(6-4-12)25(22,23)20-19-9-11-7-14(17)16(21)15(18)8-11/h3-10,20-21H,1-2H3/b19-9+. The SMILES string of the molecule is CC(C)Oc1ccc(S(=O)(=O)N/N=C/c2cc(Cl)c(O)c(Cl)c2)cc1. The van der Waals surface area contributed by atoms with Crippen LogP contribution in [0.15, 0.2) is 46.4 Å². The fraction of sp³-hybridized carbons (Fsp3) is 0.188. The van der Waals surface area contributed by atoms with Crippen molar-refractivity contribution >= 4 is 39.4 Å². The summed E-state index contributed by atoms with van der Waals surface area (Å²) in [6.07, 6.45) is 1.22. The number of nitrogens with one attached hydrogen (secondary N) is 1. The summed E-state index contributed by atoms with van der Waals surface area (Å²) in [5, 5.41) is 13.2. The zero-order valence-electron chi connectivity index (χ0n) is 13.4. The van der Waals surface area contributed by atoms with Crippen LogP contribution in [0, 0.1) is 0 Å². The van der Waals surface area contributed by atoms with E-state index in [0.717, 1.165) is 0 Å². The number of nitrogens with zero attached hydrogens (tertiary/aromatic N) is 1. The molecule has 25 heavy (non-hydrogen) atoms. The minimum atomic E-state index is -3.82. The average Bonchev–Trinajstić information content (AvgIpc) is 2.52. The van der Waals surface area contributed by atoms with Gasteiger partial charge in [-0.05, 0) is 55.8 Å². The number of benzene rings is 2. The molecule has 0 aromatic heterocycles. The second kappa shape index (κ2) is 7.95. The highest BCUT2D eigenvalue weighted by atomic mass is 35.5. The lowest BCUT2D eigenvalue weighted by molar-refractivity contribution is 0.242. The molecule has 134 valence electrons. The summed E-state index contributed by atoms with van der Waals surface area (Å²) in [7, 11) is -3.82. The number of phenols is 1. The molecule has 0 radical (unpaired) electrons. The van der Waals surface area contributed by atoms with Gasteiger partial charge < -0.3 is 9.84 Å². The smallest absolute Gasteiger partial charge is 0.276 e. The monoisotopic (exact) mass is 402 g/mol. The summed E-state index contributed by atoms with van der Waals surface area (Å²) in [6.45, 7) is 3.76. The number of hydrogen-bond acceptors (Lipinski definition) is 5. The summed E-state index contributed by atoms with van der Waals surface area (Å²) in [5.74, 6) is 0.329. The van der Waals surface area contributed by atoms with Crippen molar-refractivity contribution in [2.45, 2.75) is 24.8 Å². The minimum Gasteiger partial charge on any atom is -0.505 e. The number of ether oxygens (including phenoxy) is 1. The molecule has 2 aromatic rings. The van der Waals surface area contributed by atoms with Gasteiger partial charge in [0.1, 0.15) is 5.75 Å². The van der Waals surface area contributed by atoms with E-state index in [1.807, 2.05) is 13.8 Å². The van der Waals surface area contributed by atoms with Crippen LogP contribution in [0.4, 0.5) is 0 Å². The average molecular weight is 403 g/mol. The molecule has 0 aliphatic heterocycles. The Bertz CT molecular complexity index is 859. The molecule has 0 saturated heterocycles. The molecule has 0 heterocycles. The highest BCUT2D eigenvalue weighted by Gasteiger charge is 2.13. The van der Waals surface area contributed by atoms with Gasteiger partial charge in [0.15, 0.2) is 5.75 Å².